The lowest BCUT2D eigenvalue weighted by Crippen LogP contribution is -2.28. The molecule has 1 aromatic carbocycles. The molecular formula is C10H10N2O2. The van der Waals surface area contributed by atoms with E-state index in [1.54, 1.807) is 30.3 Å². The highest BCUT2D eigenvalue weighted by Crippen LogP contribution is 2.13. The number of nitrogens with two attached hydrogens (primary N) is 1. The second kappa shape index (κ2) is 4.40. The van der Waals surface area contributed by atoms with Crippen LogP contribution in [0.5, 0.6) is 5.75 Å². The van der Waals surface area contributed by atoms with Crippen molar-refractivity contribution in [3.63, 3.8) is 0 Å². The van der Waals surface area contributed by atoms with E-state index >= 15 is 0 Å². The molecule has 0 fully saturated rings. The van der Waals surface area contributed by atoms with Crippen molar-refractivity contribution < 1.29 is 9.53 Å². The van der Waals surface area contributed by atoms with Crippen LogP contribution < -0.4 is 10.5 Å². The molecule has 0 aliphatic heterocycles. The Kier molecular flexibility index (Phi) is 3.21. The van der Waals surface area contributed by atoms with Crippen LogP contribution in [-0.4, -0.2) is 18.9 Å². The van der Waals surface area contributed by atoms with E-state index in [-0.39, 0.29) is 0 Å². The van der Waals surface area contributed by atoms with E-state index in [0.717, 1.165) is 0 Å². The molecule has 14 heavy (non-hydrogen) atoms. The van der Waals surface area contributed by atoms with Gasteiger partial charge in [-0.25, -0.2) is 0 Å². The van der Waals surface area contributed by atoms with Crippen molar-refractivity contribution in [3.8, 4) is 11.8 Å². The van der Waals surface area contributed by atoms with Gasteiger partial charge in [-0.05, 0) is 12.1 Å². The van der Waals surface area contributed by atoms with Crippen LogP contribution in [0.2, 0.25) is 0 Å². The third-order valence-corrected chi connectivity index (χ3v) is 1.78. The minimum absolute atomic E-state index is 0.387. The molecule has 72 valence electrons. The highest BCUT2D eigenvalue weighted by molar-refractivity contribution is 6.01. The number of carbonyl (C=O) groups is 1. The number of nitriles is 1. The Labute approximate surface area is 81.9 Å². The highest BCUT2D eigenvalue weighted by Gasteiger charge is 2.14. The van der Waals surface area contributed by atoms with Gasteiger partial charge in [-0.3, -0.25) is 4.79 Å². The summed E-state index contributed by atoms with van der Waals surface area (Å²) in [5.74, 6) is 0.174. The first kappa shape index (κ1) is 10.2. The lowest BCUT2D eigenvalue weighted by Gasteiger charge is -2.04. The Bertz CT molecular complexity index is 382. The van der Waals surface area contributed by atoms with Gasteiger partial charge < -0.3 is 10.5 Å². The van der Waals surface area contributed by atoms with Gasteiger partial charge >= 0.3 is 0 Å². The maximum atomic E-state index is 11.4. The van der Waals surface area contributed by atoms with Crippen molar-refractivity contribution in [3.05, 3.63) is 29.8 Å². The predicted molar refractivity (Wildman–Crippen MR) is 50.9 cm³/mol. The Balaban J connectivity index is 2.97. The largest absolute Gasteiger partial charge is 0.497 e. The Morgan fingerprint density at radius 3 is 2.93 bits per heavy atom. The minimum Gasteiger partial charge on any atom is -0.497 e. The second-order valence-corrected chi connectivity index (χ2v) is 2.70. The van der Waals surface area contributed by atoms with Crippen LogP contribution in [0.25, 0.3) is 0 Å². The molecule has 4 nitrogen and oxygen atoms in total. The van der Waals surface area contributed by atoms with E-state index in [4.69, 9.17) is 15.7 Å². The van der Waals surface area contributed by atoms with Crippen molar-refractivity contribution in [2.45, 2.75) is 6.04 Å². The van der Waals surface area contributed by atoms with Crippen molar-refractivity contribution in [2.75, 3.05) is 7.11 Å². The van der Waals surface area contributed by atoms with Crippen LogP contribution in [0, 0.1) is 11.3 Å². The third-order valence-electron chi connectivity index (χ3n) is 1.78. The summed E-state index contributed by atoms with van der Waals surface area (Å²) in [6.45, 7) is 0. The van der Waals surface area contributed by atoms with Gasteiger partial charge in [0.25, 0.3) is 0 Å². The Morgan fingerprint density at radius 1 is 1.64 bits per heavy atom. The summed E-state index contributed by atoms with van der Waals surface area (Å²) in [6, 6.07) is 7.13. The van der Waals surface area contributed by atoms with Crippen LogP contribution in [0.4, 0.5) is 0 Å². The number of benzene rings is 1. The smallest absolute Gasteiger partial charge is 0.194 e. The second-order valence-electron chi connectivity index (χ2n) is 2.70. The van der Waals surface area contributed by atoms with Gasteiger partial charge in [-0.1, -0.05) is 12.1 Å². The zero-order valence-corrected chi connectivity index (χ0v) is 7.73. The monoisotopic (exact) mass is 190 g/mol. The number of ketones is 1. The topological polar surface area (TPSA) is 76.1 Å². The number of hydrogen-bond donors (Lipinski definition) is 1. The van der Waals surface area contributed by atoms with E-state index in [0.29, 0.717) is 11.3 Å². The van der Waals surface area contributed by atoms with Crippen LogP contribution in [0.15, 0.2) is 24.3 Å². The molecule has 0 aliphatic carbocycles. The minimum atomic E-state index is -1.11. The number of ether oxygens (including phenoxy) is 1. The van der Waals surface area contributed by atoms with Gasteiger partial charge in [-0.2, -0.15) is 5.26 Å². The van der Waals surface area contributed by atoms with E-state index in [2.05, 4.69) is 0 Å². The number of Topliss-reactive ketones (excluding diaryl/α,β-unsaturated/α-hetero) is 1. The summed E-state index contributed by atoms with van der Waals surface area (Å²) in [5.41, 5.74) is 5.68. The molecular weight excluding hydrogens is 180 g/mol. The maximum Gasteiger partial charge on any atom is 0.194 e. The Morgan fingerprint density at radius 2 is 2.36 bits per heavy atom. The molecule has 2 N–H and O–H groups in total. The molecule has 0 amide bonds. The summed E-state index contributed by atoms with van der Waals surface area (Å²) in [6.07, 6.45) is 0. The molecule has 0 bridgehead atoms. The number of methoxy groups -OCH3 is 1. The SMILES string of the molecule is COc1cccc(C(=O)C(N)C#N)c1. The van der Waals surface area contributed by atoms with E-state index in [1.807, 2.05) is 0 Å². The fraction of sp³-hybridized carbons (Fsp3) is 0.200. The maximum absolute atomic E-state index is 11.4. The van der Waals surface area contributed by atoms with E-state index in [9.17, 15) is 4.79 Å². The van der Waals surface area contributed by atoms with Gasteiger partial charge in [0, 0.05) is 5.56 Å². The summed E-state index contributed by atoms with van der Waals surface area (Å²) in [4.78, 5) is 11.4. The van der Waals surface area contributed by atoms with Crippen LogP contribution >= 0.6 is 0 Å². The standard InChI is InChI=1S/C10H10N2O2/c1-14-8-4-2-3-7(5-8)10(13)9(12)6-11/h2-5,9H,12H2,1H3. The van der Waals surface area contributed by atoms with Crippen LogP contribution in [0.1, 0.15) is 10.4 Å². The number of carbonyl (C=O) groups excluding carboxylic acids is 1. The quantitative estimate of drug-likeness (QED) is 0.713. The van der Waals surface area contributed by atoms with Gasteiger partial charge in [-0.15, -0.1) is 0 Å². The summed E-state index contributed by atoms with van der Waals surface area (Å²) < 4.78 is 4.94. The summed E-state index contributed by atoms with van der Waals surface area (Å²) in [5, 5.41) is 8.47. The molecule has 1 unspecified atom stereocenters. The summed E-state index contributed by atoms with van der Waals surface area (Å²) >= 11 is 0. The molecule has 1 atom stereocenters. The Hall–Kier alpha value is -1.86. The van der Waals surface area contributed by atoms with Crippen molar-refractivity contribution in [1.29, 1.82) is 5.26 Å². The normalized spacial score (nSPS) is 11.5. The molecule has 0 saturated heterocycles. The van der Waals surface area contributed by atoms with Gasteiger partial charge in [0.2, 0.25) is 0 Å². The molecule has 0 spiro atoms. The highest BCUT2D eigenvalue weighted by atomic mass is 16.5. The first-order valence-electron chi connectivity index (χ1n) is 4.02. The van der Waals surface area contributed by atoms with Crippen LogP contribution in [0.3, 0.4) is 0 Å². The molecule has 4 heteroatoms. The number of nitrogens with zero attached hydrogens (tertiary/aromatic N) is 1. The molecule has 0 aliphatic rings. The predicted octanol–water partition coefficient (Wildman–Crippen LogP) is 0.729. The molecule has 0 aromatic heterocycles. The van der Waals surface area contributed by atoms with Gasteiger partial charge in [0.1, 0.15) is 5.75 Å². The third kappa shape index (κ3) is 2.09. The number of hydrogen-bond acceptors (Lipinski definition) is 4. The molecule has 1 rings (SSSR count). The average molecular weight is 190 g/mol. The zero-order chi connectivity index (χ0) is 10.6. The van der Waals surface area contributed by atoms with Gasteiger partial charge in [0.15, 0.2) is 11.8 Å². The first-order chi connectivity index (χ1) is 6.69. The number of rotatable bonds is 3. The van der Waals surface area contributed by atoms with Crippen molar-refractivity contribution >= 4 is 5.78 Å². The van der Waals surface area contributed by atoms with Crippen molar-refractivity contribution in [2.24, 2.45) is 5.73 Å². The molecule has 0 heterocycles. The molecule has 0 saturated carbocycles. The molecule has 0 radical (unpaired) electrons. The van der Waals surface area contributed by atoms with Crippen LogP contribution in [-0.2, 0) is 0 Å². The fourth-order valence-corrected chi connectivity index (χ4v) is 1.01. The van der Waals surface area contributed by atoms with E-state index in [1.165, 1.54) is 7.11 Å². The lowest BCUT2D eigenvalue weighted by molar-refractivity contribution is 0.0980. The fourth-order valence-electron chi connectivity index (χ4n) is 1.01. The van der Waals surface area contributed by atoms with Gasteiger partial charge in [0.05, 0.1) is 13.2 Å². The molecule has 1 aromatic rings. The van der Waals surface area contributed by atoms with E-state index < -0.39 is 11.8 Å². The zero-order valence-electron chi connectivity index (χ0n) is 7.73. The lowest BCUT2D eigenvalue weighted by atomic mass is 10.1. The summed E-state index contributed by atoms with van der Waals surface area (Å²) in [7, 11) is 1.51. The first-order valence-corrected chi connectivity index (χ1v) is 4.02. The van der Waals surface area contributed by atoms with Crippen molar-refractivity contribution in [1.82, 2.24) is 0 Å². The average Bonchev–Trinajstić information content (AvgIpc) is 2.27.